The number of benzene rings is 1. The van der Waals surface area contributed by atoms with Crippen LogP contribution in [0.5, 0.6) is 0 Å². The maximum absolute atomic E-state index is 12.4. The lowest BCUT2D eigenvalue weighted by Gasteiger charge is -2.17. The molecule has 7 heteroatoms. The Bertz CT molecular complexity index is 677. The quantitative estimate of drug-likeness (QED) is 0.862. The van der Waals surface area contributed by atoms with E-state index in [9.17, 15) is 8.42 Å². The zero-order chi connectivity index (χ0) is 14.8. The van der Waals surface area contributed by atoms with E-state index >= 15 is 0 Å². The van der Waals surface area contributed by atoms with Crippen LogP contribution in [0, 0.1) is 6.92 Å². The smallest absolute Gasteiger partial charge is 0.260 e. The van der Waals surface area contributed by atoms with Gasteiger partial charge < -0.3 is 5.11 Å². The van der Waals surface area contributed by atoms with Gasteiger partial charge >= 0.3 is 0 Å². The topological polar surface area (TPSA) is 86.3 Å². The second-order valence-corrected chi connectivity index (χ2v) is 6.61. The van der Waals surface area contributed by atoms with E-state index in [1.54, 1.807) is 0 Å². The number of H-pyrrole nitrogens is 1. The molecule has 0 aliphatic heterocycles. The summed E-state index contributed by atoms with van der Waals surface area (Å²) in [6.45, 7) is 1.86. The fraction of sp³-hybridized carbons (Fsp3) is 0.308. The van der Waals surface area contributed by atoms with Crippen LogP contribution in [0.15, 0.2) is 35.5 Å². The molecule has 1 aromatic heterocycles. The lowest BCUT2D eigenvalue weighted by atomic mass is 10.1. The van der Waals surface area contributed by atoms with Gasteiger partial charge in [0.15, 0.2) is 5.03 Å². The first-order chi connectivity index (χ1) is 9.45. The average molecular weight is 295 g/mol. The third-order valence-electron chi connectivity index (χ3n) is 3.04. The number of nitrogens with one attached hydrogen (secondary N) is 1. The van der Waals surface area contributed by atoms with Crippen molar-refractivity contribution in [3.63, 3.8) is 0 Å². The summed E-state index contributed by atoms with van der Waals surface area (Å²) in [5.74, 6) is 0. The zero-order valence-electron chi connectivity index (χ0n) is 11.4. The van der Waals surface area contributed by atoms with Gasteiger partial charge in [-0.3, -0.25) is 5.10 Å². The summed E-state index contributed by atoms with van der Waals surface area (Å²) in [5.41, 5.74) is 2.28. The van der Waals surface area contributed by atoms with Gasteiger partial charge in [0.25, 0.3) is 10.0 Å². The number of rotatable bonds is 5. The fourth-order valence-corrected chi connectivity index (χ4v) is 3.07. The van der Waals surface area contributed by atoms with Crippen molar-refractivity contribution in [3.05, 3.63) is 47.2 Å². The first-order valence-corrected chi connectivity index (χ1v) is 7.54. The van der Waals surface area contributed by atoms with Crippen LogP contribution in [0.3, 0.4) is 0 Å². The van der Waals surface area contributed by atoms with E-state index in [1.807, 2.05) is 31.2 Å². The number of aromatic nitrogens is 2. The van der Waals surface area contributed by atoms with Crippen molar-refractivity contribution in [2.45, 2.75) is 25.1 Å². The number of sulfonamides is 1. The summed E-state index contributed by atoms with van der Waals surface area (Å²) < 4.78 is 26.0. The number of hydrogen-bond donors (Lipinski definition) is 2. The third-order valence-corrected chi connectivity index (χ3v) is 4.86. The molecular formula is C13H17N3O3S. The number of aromatic amines is 1. The molecule has 0 spiro atoms. The van der Waals surface area contributed by atoms with E-state index in [1.165, 1.54) is 17.5 Å². The molecule has 2 N–H and O–H groups in total. The van der Waals surface area contributed by atoms with Gasteiger partial charge in [-0.25, -0.2) is 8.42 Å². The van der Waals surface area contributed by atoms with Gasteiger partial charge in [-0.1, -0.05) is 29.8 Å². The molecule has 2 aromatic rings. The van der Waals surface area contributed by atoms with E-state index < -0.39 is 10.0 Å². The molecule has 0 unspecified atom stereocenters. The Morgan fingerprint density at radius 2 is 1.95 bits per heavy atom. The van der Waals surface area contributed by atoms with Crippen LogP contribution in [-0.2, 0) is 23.2 Å². The molecule has 0 saturated heterocycles. The zero-order valence-corrected chi connectivity index (χ0v) is 12.2. The molecule has 6 nitrogen and oxygen atoms in total. The van der Waals surface area contributed by atoms with Crippen molar-refractivity contribution < 1.29 is 13.5 Å². The Hall–Kier alpha value is -1.70. The van der Waals surface area contributed by atoms with Gasteiger partial charge in [0.1, 0.15) is 0 Å². The van der Waals surface area contributed by atoms with E-state index in [0.717, 1.165) is 11.1 Å². The van der Waals surface area contributed by atoms with Crippen molar-refractivity contribution in [2.75, 3.05) is 7.05 Å². The van der Waals surface area contributed by atoms with E-state index in [-0.39, 0.29) is 23.7 Å². The Labute approximate surface area is 118 Å². The van der Waals surface area contributed by atoms with E-state index in [0.29, 0.717) is 0 Å². The molecule has 108 valence electrons. The van der Waals surface area contributed by atoms with Gasteiger partial charge in [0, 0.05) is 19.2 Å². The summed E-state index contributed by atoms with van der Waals surface area (Å²) in [7, 11) is -2.19. The van der Waals surface area contributed by atoms with Crippen LogP contribution < -0.4 is 0 Å². The lowest BCUT2D eigenvalue weighted by molar-refractivity contribution is 0.278. The van der Waals surface area contributed by atoms with Crippen LogP contribution in [-0.4, -0.2) is 35.1 Å². The largest absolute Gasteiger partial charge is 0.392 e. The van der Waals surface area contributed by atoms with Crippen LogP contribution in [0.25, 0.3) is 0 Å². The standard InChI is InChI=1S/C13H17N3O3S/c1-10-3-5-11(6-4-10)8-16(2)20(18,19)13-12(9-17)7-14-15-13/h3-7,17H,8-9H2,1-2H3,(H,14,15). The van der Waals surface area contributed by atoms with Crippen LogP contribution in [0.2, 0.25) is 0 Å². The first kappa shape index (κ1) is 14.7. The van der Waals surface area contributed by atoms with Crippen molar-refractivity contribution >= 4 is 10.0 Å². The van der Waals surface area contributed by atoms with Crippen LogP contribution in [0.4, 0.5) is 0 Å². The lowest BCUT2D eigenvalue weighted by Crippen LogP contribution is -2.27. The summed E-state index contributed by atoms with van der Waals surface area (Å²) >= 11 is 0. The Kier molecular flexibility index (Phi) is 4.22. The Balaban J connectivity index is 2.23. The highest BCUT2D eigenvalue weighted by molar-refractivity contribution is 7.89. The molecule has 2 rings (SSSR count). The Morgan fingerprint density at radius 3 is 2.55 bits per heavy atom. The molecule has 1 heterocycles. The molecule has 20 heavy (non-hydrogen) atoms. The van der Waals surface area contributed by atoms with Crippen molar-refractivity contribution in [1.29, 1.82) is 0 Å². The van der Waals surface area contributed by atoms with Gasteiger partial charge in [-0.05, 0) is 12.5 Å². The third kappa shape index (κ3) is 2.90. The highest BCUT2D eigenvalue weighted by Crippen LogP contribution is 2.18. The van der Waals surface area contributed by atoms with Crippen molar-refractivity contribution in [2.24, 2.45) is 0 Å². The first-order valence-electron chi connectivity index (χ1n) is 6.10. The molecule has 0 radical (unpaired) electrons. The maximum Gasteiger partial charge on any atom is 0.260 e. The summed E-state index contributed by atoms with van der Waals surface area (Å²) in [6.07, 6.45) is 1.31. The van der Waals surface area contributed by atoms with E-state index in [2.05, 4.69) is 10.2 Å². The maximum atomic E-state index is 12.4. The predicted octanol–water partition coefficient (Wildman–Crippen LogP) is 1.03. The summed E-state index contributed by atoms with van der Waals surface area (Å²) in [6, 6.07) is 7.65. The molecule has 0 aliphatic carbocycles. The fourth-order valence-electron chi connectivity index (χ4n) is 1.83. The van der Waals surface area contributed by atoms with Gasteiger partial charge in [-0.15, -0.1) is 0 Å². The second-order valence-electron chi connectivity index (χ2n) is 4.63. The minimum absolute atomic E-state index is 0.0605. The predicted molar refractivity (Wildman–Crippen MR) is 74.3 cm³/mol. The average Bonchev–Trinajstić information content (AvgIpc) is 2.90. The number of hydrogen-bond acceptors (Lipinski definition) is 4. The molecule has 0 fully saturated rings. The SMILES string of the molecule is Cc1ccc(CN(C)S(=O)(=O)c2[nH]ncc2CO)cc1. The van der Waals surface area contributed by atoms with Crippen molar-refractivity contribution in [1.82, 2.24) is 14.5 Å². The highest BCUT2D eigenvalue weighted by Gasteiger charge is 2.25. The van der Waals surface area contributed by atoms with E-state index in [4.69, 9.17) is 5.11 Å². The van der Waals surface area contributed by atoms with Crippen LogP contribution >= 0.6 is 0 Å². The molecular weight excluding hydrogens is 278 g/mol. The molecule has 0 bridgehead atoms. The number of aliphatic hydroxyl groups is 1. The Morgan fingerprint density at radius 1 is 1.30 bits per heavy atom. The highest BCUT2D eigenvalue weighted by atomic mass is 32.2. The number of aryl methyl sites for hydroxylation is 1. The normalized spacial score (nSPS) is 12.0. The molecule has 0 atom stereocenters. The summed E-state index contributed by atoms with van der Waals surface area (Å²) in [5, 5.41) is 15.2. The minimum atomic E-state index is -3.69. The van der Waals surface area contributed by atoms with Gasteiger partial charge in [0.2, 0.25) is 0 Å². The minimum Gasteiger partial charge on any atom is -0.392 e. The number of aliphatic hydroxyl groups excluding tert-OH is 1. The molecule has 0 aliphatic rings. The monoisotopic (exact) mass is 295 g/mol. The summed E-state index contributed by atoms with van der Waals surface area (Å²) in [4.78, 5) is 0. The van der Waals surface area contributed by atoms with Crippen molar-refractivity contribution in [3.8, 4) is 0 Å². The molecule has 0 saturated carbocycles. The molecule has 0 amide bonds. The second kappa shape index (κ2) is 5.74. The van der Waals surface area contributed by atoms with Gasteiger partial charge in [-0.2, -0.15) is 9.40 Å². The number of nitrogens with zero attached hydrogens (tertiary/aromatic N) is 2. The van der Waals surface area contributed by atoms with Crippen LogP contribution in [0.1, 0.15) is 16.7 Å². The van der Waals surface area contributed by atoms with Gasteiger partial charge in [0.05, 0.1) is 12.8 Å². The molecule has 1 aromatic carbocycles.